The Labute approximate surface area is 82.9 Å². The molecule has 0 aromatic carbocycles. The zero-order chi connectivity index (χ0) is 9.64. The Hall–Kier alpha value is -0.540. The van der Waals surface area contributed by atoms with Crippen LogP contribution in [0.4, 0.5) is 0 Å². The molecule has 0 amide bonds. The first-order valence-corrected chi connectivity index (χ1v) is 4.88. The summed E-state index contributed by atoms with van der Waals surface area (Å²) in [4.78, 5) is 0. The van der Waals surface area contributed by atoms with Gasteiger partial charge in [0.25, 0.3) is 0 Å². The van der Waals surface area contributed by atoms with E-state index in [1.165, 1.54) is 5.56 Å². The lowest BCUT2D eigenvalue weighted by molar-refractivity contribution is 0.698. The van der Waals surface area contributed by atoms with Gasteiger partial charge in [0.05, 0.1) is 5.69 Å². The lowest BCUT2D eigenvalue weighted by atomic mass is 9.97. The molecule has 0 atom stereocenters. The number of nitrogens with zero attached hydrogens (tertiary/aromatic N) is 2. The molecule has 1 fully saturated rings. The molecule has 13 heavy (non-hydrogen) atoms. The van der Waals surface area contributed by atoms with E-state index in [0.29, 0.717) is 6.54 Å². The Morgan fingerprint density at radius 2 is 2.23 bits per heavy atom. The van der Waals surface area contributed by atoms with Crippen LogP contribution in [0.15, 0.2) is 0 Å². The number of nitrogens with two attached hydrogens (primary N) is 1. The van der Waals surface area contributed by atoms with Crippen molar-refractivity contribution in [2.75, 3.05) is 6.54 Å². The first-order valence-electron chi connectivity index (χ1n) is 4.50. The number of aryl methyl sites for hydroxylation is 2. The van der Waals surface area contributed by atoms with Crippen molar-refractivity contribution in [1.29, 1.82) is 0 Å². The van der Waals surface area contributed by atoms with E-state index in [2.05, 4.69) is 5.10 Å². The summed E-state index contributed by atoms with van der Waals surface area (Å²) in [5.74, 6) is 0. The second-order valence-electron chi connectivity index (χ2n) is 3.86. The average Bonchev–Trinajstić information content (AvgIpc) is 2.81. The molecule has 2 N–H and O–H groups in total. The van der Waals surface area contributed by atoms with Gasteiger partial charge in [0.15, 0.2) is 0 Å². The molecule has 0 bridgehead atoms. The minimum atomic E-state index is 0.148. The quantitative estimate of drug-likeness (QED) is 0.782. The van der Waals surface area contributed by atoms with E-state index in [1.54, 1.807) is 4.68 Å². The van der Waals surface area contributed by atoms with Gasteiger partial charge in [0, 0.05) is 24.6 Å². The maximum absolute atomic E-state index is 6.16. The van der Waals surface area contributed by atoms with Crippen LogP contribution in [0, 0.1) is 6.92 Å². The molecule has 1 heterocycles. The molecule has 0 aliphatic heterocycles. The van der Waals surface area contributed by atoms with Gasteiger partial charge in [-0.05, 0) is 19.8 Å². The van der Waals surface area contributed by atoms with Gasteiger partial charge in [-0.3, -0.25) is 4.68 Å². The number of aromatic nitrogens is 2. The molecule has 2 rings (SSSR count). The van der Waals surface area contributed by atoms with Crippen LogP contribution in [0.1, 0.15) is 24.1 Å². The Kier molecular flexibility index (Phi) is 1.89. The first-order chi connectivity index (χ1) is 6.10. The average molecular weight is 200 g/mol. The van der Waals surface area contributed by atoms with Crippen molar-refractivity contribution >= 4 is 11.6 Å². The highest BCUT2D eigenvalue weighted by molar-refractivity contribution is 6.30. The maximum Gasteiger partial charge on any atom is 0.130 e. The van der Waals surface area contributed by atoms with Crippen LogP contribution in [-0.2, 0) is 12.5 Å². The second kappa shape index (κ2) is 2.72. The smallest absolute Gasteiger partial charge is 0.130 e. The zero-order valence-electron chi connectivity index (χ0n) is 7.97. The molecule has 1 aliphatic carbocycles. The van der Waals surface area contributed by atoms with Gasteiger partial charge in [-0.15, -0.1) is 0 Å². The molecule has 0 spiro atoms. The van der Waals surface area contributed by atoms with Crippen molar-refractivity contribution in [2.45, 2.75) is 25.2 Å². The summed E-state index contributed by atoms with van der Waals surface area (Å²) < 4.78 is 1.72. The fraction of sp³-hybridized carbons (Fsp3) is 0.667. The Morgan fingerprint density at radius 3 is 2.54 bits per heavy atom. The Balaban J connectivity index is 2.50. The summed E-state index contributed by atoms with van der Waals surface area (Å²) >= 11 is 6.16. The van der Waals surface area contributed by atoms with Gasteiger partial charge in [-0.25, -0.2) is 0 Å². The van der Waals surface area contributed by atoms with E-state index in [-0.39, 0.29) is 5.41 Å². The van der Waals surface area contributed by atoms with Crippen LogP contribution in [-0.4, -0.2) is 16.3 Å². The van der Waals surface area contributed by atoms with Crippen LogP contribution in [0.5, 0.6) is 0 Å². The predicted octanol–water partition coefficient (Wildman–Crippen LogP) is 1.37. The highest BCUT2D eigenvalue weighted by Gasteiger charge is 2.46. The minimum absolute atomic E-state index is 0.148. The van der Waals surface area contributed by atoms with Crippen LogP contribution in [0.25, 0.3) is 0 Å². The van der Waals surface area contributed by atoms with Gasteiger partial charge in [-0.2, -0.15) is 5.10 Å². The van der Waals surface area contributed by atoms with Crippen molar-refractivity contribution < 1.29 is 0 Å². The van der Waals surface area contributed by atoms with Crippen LogP contribution in [0.3, 0.4) is 0 Å². The van der Waals surface area contributed by atoms with E-state index in [0.717, 1.165) is 23.7 Å². The molecule has 0 unspecified atom stereocenters. The largest absolute Gasteiger partial charge is 0.330 e. The van der Waals surface area contributed by atoms with Crippen LogP contribution >= 0.6 is 11.6 Å². The normalized spacial score (nSPS) is 19.1. The molecule has 4 heteroatoms. The molecule has 1 aromatic rings. The predicted molar refractivity (Wildman–Crippen MR) is 52.9 cm³/mol. The minimum Gasteiger partial charge on any atom is -0.330 e. The molecule has 0 radical (unpaired) electrons. The third-order valence-electron chi connectivity index (χ3n) is 2.93. The molecular formula is C9H14ClN3. The van der Waals surface area contributed by atoms with Gasteiger partial charge in [-0.1, -0.05) is 11.6 Å². The van der Waals surface area contributed by atoms with Crippen LogP contribution in [0.2, 0.25) is 5.15 Å². The maximum atomic E-state index is 6.16. The van der Waals surface area contributed by atoms with Gasteiger partial charge >= 0.3 is 0 Å². The van der Waals surface area contributed by atoms with Crippen molar-refractivity contribution in [3.8, 4) is 0 Å². The number of rotatable bonds is 2. The zero-order valence-corrected chi connectivity index (χ0v) is 8.73. The van der Waals surface area contributed by atoms with E-state index < -0.39 is 0 Å². The van der Waals surface area contributed by atoms with Crippen molar-refractivity contribution in [1.82, 2.24) is 9.78 Å². The summed E-state index contributed by atoms with van der Waals surface area (Å²) in [6.07, 6.45) is 2.30. The van der Waals surface area contributed by atoms with Crippen molar-refractivity contribution in [2.24, 2.45) is 12.8 Å². The fourth-order valence-electron chi connectivity index (χ4n) is 1.94. The molecule has 1 saturated carbocycles. The summed E-state index contributed by atoms with van der Waals surface area (Å²) in [6.45, 7) is 2.68. The van der Waals surface area contributed by atoms with Gasteiger partial charge < -0.3 is 5.73 Å². The number of halogens is 1. The highest BCUT2D eigenvalue weighted by atomic mass is 35.5. The fourth-order valence-corrected chi connectivity index (χ4v) is 2.31. The summed E-state index contributed by atoms with van der Waals surface area (Å²) in [6, 6.07) is 0. The second-order valence-corrected chi connectivity index (χ2v) is 4.22. The standard InChI is InChI=1S/C9H14ClN3/c1-6-7(8(10)13(2)12-6)9(5-11)3-4-9/h3-5,11H2,1-2H3. The van der Waals surface area contributed by atoms with E-state index in [4.69, 9.17) is 17.3 Å². The lowest BCUT2D eigenvalue weighted by Gasteiger charge is -2.11. The molecule has 1 aromatic heterocycles. The van der Waals surface area contributed by atoms with Crippen molar-refractivity contribution in [3.63, 3.8) is 0 Å². The van der Waals surface area contributed by atoms with Crippen LogP contribution < -0.4 is 5.73 Å². The summed E-state index contributed by atoms with van der Waals surface area (Å²) in [5, 5.41) is 5.04. The molecule has 3 nitrogen and oxygen atoms in total. The molecule has 0 saturated heterocycles. The molecular weight excluding hydrogens is 186 g/mol. The molecule has 1 aliphatic rings. The third-order valence-corrected chi connectivity index (χ3v) is 3.36. The third kappa shape index (κ3) is 1.18. The van der Waals surface area contributed by atoms with Gasteiger partial charge in [0.1, 0.15) is 5.15 Å². The van der Waals surface area contributed by atoms with E-state index in [9.17, 15) is 0 Å². The topological polar surface area (TPSA) is 43.8 Å². The van der Waals surface area contributed by atoms with Gasteiger partial charge in [0.2, 0.25) is 0 Å². The van der Waals surface area contributed by atoms with Crippen molar-refractivity contribution in [3.05, 3.63) is 16.4 Å². The monoisotopic (exact) mass is 199 g/mol. The highest BCUT2D eigenvalue weighted by Crippen LogP contribution is 2.50. The lowest BCUT2D eigenvalue weighted by Crippen LogP contribution is -2.20. The number of hydrogen-bond donors (Lipinski definition) is 1. The van der Waals surface area contributed by atoms with E-state index >= 15 is 0 Å². The first kappa shape index (κ1) is 9.03. The summed E-state index contributed by atoms with van der Waals surface area (Å²) in [7, 11) is 1.87. The SMILES string of the molecule is Cc1nn(C)c(Cl)c1C1(CN)CC1. The number of hydrogen-bond acceptors (Lipinski definition) is 2. The summed E-state index contributed by atoms with van der Waals surface area (Å²) in [5.41, 5.74) is 8.09. The Morgan fingerprint density at radius 1 is 1.62 bits per heavy atom. The Bertz CT molecular complexity index is 339. The van der Waals surface area contributed by atoms with E-state index in [1.807, 2.05) is 14.0 Å². The molecule has 72 valence electrons.